The van der Waals surface area contributed by atoms with E-state index in [1.165, 1.54) is 12.4 Å². The SMILES string of the molecule is O=C(CC(C(=O)O)c1cccnc1)c1ccccn1.O=C1NN=C(c2ccccn2)CC1c1cccnc1. The van der Waals surface area contributed by atoms with Crippen molar-refractivity contribution in [2.75, 3.05) is 0 Å². The quantitative estimate of drug-likeness (QED) is 0.361. The van der Waals surface area contributed by atoms with Gasteiger partial charge >= 0.3 is 5.97 Å². The summed E-state index contributed by atoms with van der Waals surface area (Å²) in [5.41, 5.74) is 5.82. The number of rotatable bonds is 7. The molecule has 1 aliphatic rings. The van der Waals surface area contributed by atoms with Gasteiger partial charge in [-0.1, -0.05) is 24.3 Å². The predicted octanol–water partition coefficient (Wildman–Crippen LogP) is 3.40. The van der Waals surface area contributed by atoms with Crippen LogP contribution in [0.25, 0.3) is 0 Å². The number of amides is 1. The average Bonchev–Trinajstić information content (AvgIpc) is 2.98. The second kappa shape index (κ2) is 12.7. The summed E-state index contributed by atoms with van der Waals surface area (Å²) in [4.78, 5) is 51.3. The number of hydrazone groups is 1. The average molecular weight is 509 g/mol. The molecule has 0 aliphatic carbocycles. The van der Waals surface area contributed by atoms with Crippen molar-refractivity contribution in [3.05, 3.63) is 120 Å². The summed E-state index contributed by atoms with van der Waals surface area (Å²) in [5.74, 6) is -2.60. The third-order valence-electron chi connectivity index (χ3n) is 5.79. The molecular formula is C28H24N6O4. The molecule has 2 atom stereocenters. The van der Waals surface area contributed by atoms with E-state index in [0.717, 1.165) is 17.0 Å². The summed E-state index contributed by atoms with van der Waals surface area (Å²) in [5, 5.41) is 13.3. The van der Waals surface area contributed by atoms with Crippen molar-refractivity contribution in [2.45, 2.75) is 24.7 Å². The van der Waals surface area contributed by atoms with Crippen molar-refractivity contribution < 1.29 is 19.5 Å². The molecule has 2 unspecified atom stereocenters. The molecule has 10 nitrogen and oxygen atoms in total. The third kappa shape index (κ3) is 6.76. The number of nitrogens with zero attached hydrogens (tertiary/aromatic N) is 5. The number of carbonyl (C=O) groups excluding carboxylic acids is 2. The Morgan fingerprint density at radius 3 is 2.24 bits per heavy atom. The van der Waals surface area contributed by atoms with E-state index in [0.29, 0.717) is 12.0 Å². The number of hydrogen-bond donors (Lipinski definition) is 2. The number of nitrogens with one attached hydrogen (secondary N) is 1. The molecule has 0 bridgehead atoms. The molecule has 2 N–H and O–H groups in total. The fourth-order valence-electron chi connectivity index (χ4n) is 3.83. The minimum atomic E-state index is -1.04. The van der Waals surface area contributed by atoms with E-state index in [9.17, 15) is 19.5 Å². The van der Waals surface area contributed by atoms with E-state index in [-0.39, 0.29) is 29.7 Å². The highest BCUT2D eigenvalue weighted by Crippen LogP contribution is 2.24. The highest BCUT2D eigenvalue weighted by molar-refractivity contribution is 6.05. The highest BCUT2D eigenvalue weighted by atomic mass is 16.4. The number of ketones is 1. The second-order valence-corrected chi connectivity index (χ2v) is 8.31. The lowest BCUT2D eigenvalue weighted by molar-refractivity contribution is -0.138. The maximum absolute atomic E-state index is 12.0. The first-order valence-electron chi connectivity index (χ1n) is 11.8. The van der Waals surface area contributed by atoms with E-state index in [1.807, 2.05) is 30.3 Å². The normalized spacial score (nSPS) is 15.2. The van der Waals surface area contributed by atoms with E-state index < -0.39 is 11.9 Å². The summed E-state index contributed by atoms with van der Waals surface area (Å²) in [6, 6.07) is 17.6. The fourth-order valence-corrected chi connectivity index (χ4v) is 3.83. The van der Waals surface area contributed by atoms with Crippen molar-refractivity contribution in [3.8, 4) is 0 Å². The first-order valence-corrected chi connectivity index (χ1v) is 11.8. The third-order valence-corrected chi connectivity index (χ3v) is 5.79. The monoisotopic (exact) mass is 508 g/mol. The minimum Gasteiger partial charge on any atom is -0.481 e. The summed E-state index contributed by atoms with van der Waals surface area (Å²) >= 11 is 0. The predicted molar refractivity (Wildman–Crippen MR) is 138 cm³/mol. The summed E-state index contributed by atoms with van der Waals surface area (Å²) < 4.78 is 0. The van der Waals surface area contributed by atoms with Crippen molar-refractivity contribution >= 4 is 23.4 Å². The fraction of sp³-hybridized carbons (Fsp3) is 0.143. The Bertz CT molecular complexity index is 1360. The number of pyridine rings is 4. The van der Waals surface area contributed by atoms with Gasteiger partial charge in [0, 0.05) is 50.0 Å². The van der Waals surface area contributed by atoms with Crippen molar-refractivity contribution in [1.82, 2.24) is 25.4 Å². The standard InChI is InChI=1S/C14H12N4O.C14H12N2O3/c19-14-11(10-4-3-6-15-9-10)8-13(17-18-14)12-5-1-2-7-16-12;17-13(12-5-1-2-7-16-12)8-11(14(18)19)10-4-3-6-15-9-10/h2*1-7,9,11H,8H2,(H,18,19). The minimum absolute atomic E-state index is 0.104. The van der Waals surface area contributed by atoms with Gasteiger partial charge in [-0.3, -0.25) is 34.3 Å². The molecule has 1 amide bonds. The first-order chi connectivity index (χ1) is 18.5. The summed E-state index contributed by atoms with van der Waals surface area (Å²) in [7, 11) is 0. The Labute approximate surface area is 218 Å². The molecule has 0 spiro atoms. The molecule has 1 aliphatic heterocycles. The number of aliphatic carboxylic acids is 1. The molecule has 0 aromatic carbocycles. The number of hydrogen-bond acceptors (Lipinski definition) is 8. The van der Waals surface area contributed by atoms with Crippen molar-refractivity contribution in [1.29, 1.82) is 0 Å². The first kappa shape index (κ1) is 26.0. The smallest absolute Gasteiger partial charge is 0.311 e. The lowest BCUT2D eigenvalue weighted by atomic mass is 9.92. The molecule has 10 heteroatoms. The van der Waals surface area contributed by atoms with Gasteiger partial charge in [0.25, 0.3) is 0 Å². The Kier molecular flexibility index (Phi) is 8.69. The molecule has 5 heterocycles. The van der Waals surface area contributed by atoms with Gasteiger partial charge in [-0.2, -0.15) is 5.10 Å². The van der Waals surface area contributed by atoms with E-state index in [2.05, 4.69) is 30.5 Å². The number of carboxylic acids is 1. The lowest BCUT2D eigenvalue weighted by Crippen LogP contribution is -2.33. The number of aromatic nitrogens is 4. The van der Waals surface area contributed by atoms with Gasteiger partial charge < -0.3 is 5.11 Å². The van der Waals surface area contributed by atoms with Crippen LogP contribution in [0, 0.1) is 0 Å². The molecule has 4 aromatic rings. The van der Waals surface area contributed by atoms with Gasteiger partial charge in [-0.05, 0) is 47.5 Å². The van der Waals surface area contributed by atoms with Gasteiger partial charge in [-0.25, -0.2) is 5.43 Å². The molecule has 190 valence electrons. The molecule has 0 radical (unpaired) electrons. The highest BCUT2D eigenvalue weighted by Gasteiger charge is 2.28. The van der Waals surface area contributed by atoms with Crippen LogP contribution < -0.4 is 5.43 Å². The molecule has 5 rings (SSSR count). The van der Waals surface area contributed by atoms with Gasteiger partial charge in [0.2, 0.25) is 5.91 Å². The van der Waals surface area contributed by atoms with Crippen LogP contribution in [0.4, 0.5) is 0 Å². The van der Waals surface area contributed by atoms with Crippen LogP contribution in [0.15, 0.2) is 103 Å². The number of Topliss-reactive ketones (excluding diaryl/α,β-unsaturated/α-hetero) is 1. The van der Waals surface area contributed by atoms with Crippen molar-refractivity contribution in [2.24, 2.45) is 5.10 Å². The Balaban J connectivity index is 0.000000177. The van der Waals surface area contributed by atoms with E-state index in [1.54, 1.807) is 55.1 Å². The molecule has 0 fully saturated rings. The summed E-state index contributed by atoms with van der Waals surface area (Å²) in [6.45, 7) is 0. The maximum Gasteiger partial charge on any atom is 0.311 e. The van der Waals surface area contributed by atoms with Crippen LogP contribution in [0.1, 0.15) is 52.0 Å². The number of carboxylic acid groups (broad SMARTS) is 1. The zero-order chi connectivity index (χ0) is 26.7. The largest absolute Gasteiger partial charge is 0.481 e. The Morgan fingerprint density at radius 1 is 0.895 bits per heavy atom. The van der Waals surface area contributed by atoms with Gasteiger partial charge in [0.15, 0.2) is 5.78 Å². The Hall–Kier alpha value is -5.12. The van der Waals surface area contributed by atoms with Crippen LogP contribution in [0.5, 0.6) is 0 Å². The zero-order valence-corrected chi connectivity index (χ0v) is 20.2. The van der Waals surface area contributed by atoms with Gasteiger partial charge in [0.05, 0.1) is 23.2 Å². The van der Waals surface area contributed by atoms with Crippen LogP contribution in [-0.4, -0.2) is 48.4 Å². The van der Waals surface area contributed by atoms with Crippen LogP contribution >= 0.6 is 0 Å². The molecule has 38 heavy (non-hydrogen) atoms. The van der Waals surface area contributed by atoms with E-state index in [4.69, 9.17) is 0 Å². The zero-order valence-electron chi connectivity index (χ0n) is 20.2. The topological polar surface area (TPSA) is 147 Å². The molecule has 0 saturated carbocycles. The molecular weight excluding hydrogens is 484 g/mol. The van der Waals surface area contributed by atoms with Crippen LogP contribution in [0.2, 0.25) is 0 Å². The van der Waals surface area contributed by atoms with Crippen LogP contribution in [0.3, 0.4) is 0 Å². The second-order valence-electron chi connectivity index (χ2n) is 8.31. The van der Waals surface area contributed by atoms with Crippen LogP contribution in [-0.2, 0) is 9.59 Å². The molecule has 0 saturated heterocycles. The Morgan fingerprint density at radius 2 is 1.63 bits per heavy atom. The van der Waals surface area contributed by atoms with Gasteiger partial charge in [0.1, 0.15) is 5.69 Å². The summed E-state index contributed by atoms with van der Waals surface area (Å²) in [6.07, 6.45) is 10.1. The van der Waals surface area contributed by atoms with Crippen molar-refractivity contribution in [3.63, 3.8) is 0 Å². The number of carbonyl (C=O) groups is 3. The van der Waals surface area contributed by atoms with E-state index >= 15 is 0 Å². The molecule has 4 aromatic heterocycles. The maximum atomic E-state index is 12.0. The lowest BCUT2D eigenvalue weighted by Gasteiger charge is -2.21. The van der Waals surface area contributed by atoms with Gasteiger partial charge in [-0.15, -0.1) is 0 Å².